The smallest absolute Gasteiger partial charge is 0.407 e. The van der Waals surface area contributed by atoms with Crippen LogP contribution in [0.5, 0.6) is 0 Å². The molecule has 0 radical (unpaired) electrons. The molecule has 0 unspecified atom stereocenters. The number of carbonyl (C=O) groups excluding carboxylic acids is 1. The molecule has 1 aromatic carbocycles. The fraction of sp³-hybridized carbons (Fsp3) is 0.640. The fourth-order valence-electron chi connectivity index (χ4n) is 5.46. The number of benzene rings is 1. The van der Waals surface area contributed by atoms with E-state index < -0.39 is 13.8 Å². The van der Waals surface area contributed by atoms with E-state index in [1.54, 1.807) is 0 Å². The minimum atomic E-state index is -1.86. The van der Waals surface area contributed by atoms with Crippen molar-refractivity contribution >= 4 is 25.2 Å². The van der Waals surface area contributed by atoms with Crippen molar-refractivity contribution < 1.29 is 9.53 Å². The van der Waals surface area contributed by atoms with Crippen LogP contribution in [0.15, 0.2) is 30.5 Å². The van der Waals surface area contributed by atoms with Crippen LogP contribution in [0.1, 0.15) is 74.8 Å². The SMILES string of the molecule is CC(C)[Si](C(C)C)(C(C)C)n1cc(C[C@@H](C)NC(=O)OC(C)(C)C)c2ccccc21. The maximum absolute atomic E-state index is 12.2. The first-order valence-electron chi connectivity index (χ1n) is 11.4. The highest BCUT2D eigenvalue weighted by molar-refractivity contribution is 6.82. The molecule has 5 heteroatoms. The highest BCUT2D eigenvalue weighted by Crippen LogP contribution is 2.44. The summed E-state index contributed by atoms with van der Waals surface area (Å²) in [6, 6.07) is 8.74. The van der Waals surface area contributed by atoms with Gasteiger partial charge < -0.3 is 14.3 Å². The normalized spacial score (nSPS) is 14.0. The number of nitrogens with zero attached hydrogens (tertiary/aromatic N) is 1. The Bertz CT molecular complexity index is 840. The quantitative estimate of drug-likeness (QED) is 0.475. The zero-order chi connectivity index (χ0) is 22.9. The summed E-state index contributed by atoms with van der Waals surface area (Å²) in [6.45, 7) is 22.1. The van der Waals surface area contributed by atoms with Gasteiger partial charge in [-0.05, 0) is 68.6 Å². The lowest BCUT2D eigenvalue weighted by atomic mass is 10.1. The number of carbonyl (C=O) groups is 1. The van der Waals surface area contributed by atoms with Gasteiger partial charge in [0.1, 0.15) is 5.60 Å². The van der Waals surface area contributed by atoms with Gasteiger partial charge in [-0.15, -0.1) is 0 Å². The number of nitrogens with one attached hydrogen (secondary N) is 1. The molecule has 0 bridgehead atoms. The van der Waals surface area contributed by atoms with Gasteiger partial charge in [-0.3, -0.25) is 0 Å². The molecule has 168 valence electrons. The van der Waals surface area contributed by atoms with E-state index in [-0.39, 0.29) is 12.1 Å². The summed E-state index contributed by atoms with van der Waals surface area (Å²) in [5.41, 5.74) is 4.01. The summed E-state index contributed by atoms with van der Waals surface area (Å²) in [6.07, 6.45) is 2.82. The lowest BCUT2D eigenvalue weighted by molar-refractivity contribution is 0.0508. The molecule has 30 heavy (non-hydrogen) atoms. The highest BCUT2D eigenvalue weighted by Gasteiger charge is 2.46. The van der Waals surface area contributed by atoms with Crippen LogP contribution in [0.2, 0.25) is 16.6 Å². The minimum Gasteiger partial charge on any atom is -0.444 e. The molecule has 1 heterocycles. The molecule has 2 rings (SSSR count). The van der Waals surface area contributed by atoms with E-state index in [2.05, 4.69) is 81.6 Å². The summed E-state index contributed by atoms with van der Waals surface area (Å²) in [5, 5.41) is 4.31. The Balaban J connectivity index is 2.46. The van der Waals surface area contributed by atoms with E-state index in [0.717, 1.165) is 6.42 Å². The highest BCUT2D eigenvalue weighted by atomic mass is 28.3. The first-order valence-corrected chi connectivity index (χ1v) is 13.6. The first-order chi connectivity index (χ1) is 13.8. The van der Waals surface area contributed by atoms with Crippen molar-refractivity contribution in [2.45, 2.75) is 104 Å². The maximum atomic E-state index is 12.2. The Kier molecular flexibility index (Phi) is 7.49. The van der Waals surface area contributed by atoms with Gasteiger partial charge in [-0.1, -0.05) is 59.7 Å². The van der Waals surface area contributed by atoms with Crippen molar-refractivity contribution in [1.82, 2.24) is 9.55 Å². The number of hydrogen-bond donors (Lipinski definition) is 1. The fourth-order valence-corrected chi connectivity index (χ4v) is 12.1. The Morgan fingerprint density at radius 3 is 2.03 bits per heavy atom. The molecule has 0 aliphatic heterocycles. The topological polar surface area (TPSA) is 43.3 Å². The predicted molar refractivity (Wildman–Crippen MR) is 131 cm³/mol. The Morgan fingerprint density at radius 2 is 1.53 bits per heavy atom. The van der Waals surface area contributed by atoms with Crippen molar-refractivity contribution in [3.05, 3.63) is 36.0 Å². The number of alkyl carbamates (subject to hydrolysis) is 1. The molecule has 1 amide bonds. The molecule has 2 aromatic rings. The molecule has 1 N–H and O–H groups in total. The van der Waals surface area contributed by atoms with Crippen molar-refractivity contribution in [2.24, 2.45) is 0 Å². The standard InChI is InChI=1S/C25H42N2O2Si/c1-17(2)30(18(3)4,19(5)6)27-16-21(22-13-11-12-14-23(22)27)15-20(7)26-24(28)29-25(8,9)10/h11-14,16-20H,15H2,1-10H3,(H,26,28)/t20-/m1/s1. The van der Waals surface area contributed by atoms with Crippen LogP contribution >= 0.6 is 0 Å². The molecule has 4 nitrogen and oxygen atoms in total. The van der Waals surface area contributed by atoms with Crippen LogP contribution in [0.3, 0.4) is 0 Å². The van der Waals surface area contributed by atoms with Crippen LogP contribution in [0.25, 0.3) is 10.9 Å². The van der Waals surface area contributed by atoms with E-state index in [1.807, 2.05) is 27.7 Å². The number of fused-ring (bicyclic) bond motifs is 1. The summed E-state index contributed by atoms with van der Waals surface area (Å²) < 4.78 is 8.10. The van der Waals surface area contributed by atoms with Gasteiger partial charge in [0.15, 0.2) is 8.24 Å². The molecule has 0 aliphatic rings. The van der Waals surface area contributed by atoms with E-state index >= 15 is 0 Å². The van der Waals surface area contributed by atoms with Crippen LogP contribution in [-0.4, -0.2) is 30.2 Å². The Hall–Kier alpha value is -1.75. The van der Waals surface area contributed by atoms with Crippen molar-refractivity contribution in [3.8, 4) is 0 Å². The molecule has 1 atom stereocenters. The zero-order valence-electron chi connectivity index (χ0n) is 20.7. The number of hydrogen-bond acceptors (Lipinski definition) is 2. The van der Waals surface area contributed by atoms with Crippen LogP contribution in [-0.2, 0) is 11.2 Å². The van der Waals surface area contributed by atoms with E-state index in [1.165, 1.54) is 16.5 Å². The van der Waals surface area contributed by atoms with Crippen LogP contribution < -0.4 is 5.32 Å². The molecule has 0 spiro atoms. The average molecular weight is 431 g/mol. The lowest BCUT2D eigenvalue weighted by Gasteiger charge is -2.44. The van der Waals surface area contributed by atoms with Crippen molar-refractivity contribution in [1.29, 1.82) is 0 Å². The van der Waals surface area contributed by atoms with Gasteiger partial charge in [0, 0.05) is 16.9 Å². The second-order valence-corrected chi connectivity index (χ2v) is 16.4. The third kappa shape index (κ3) is 4.93. The molecule has 1 aromatic heterocycles. The third-order valence-corrected chi connectivity index (χ3v) is 13.0. The molecule has 0 saturated carbocycles. The van der Waals surface area contributed by atoms with Crippen molar-refractivity contribution in [2.75, 3.05) is 0 Å². The summed E-state index contributed by atoms with van der Waals surface area (Å²) in [5.74, 6) is 0. The number of rotatable bonds is 7. The van der Waals surface area contributed by atoms with E-state index in [4.69, 9.17) is 4.74 Å². The summed E-state index contributed by atoms with van der Waals surface area (Å²) in [7, 11) is -1.86. The molecular weight excluding hydrogens is 388 g/mol. The van der Waals surface area contributed by atoms with Gasteiger partial charge in [0.25, 0.3) is 0 Å². The number of ether oxygens (including phenoxy) is 1. The Labute approximate surface area is 184 Å². The average Bonchev–Trinajstić information content (AvgIpc) is 2.91. The van der Waals surface area contributed by atoms with Gasteiger partial charge in [-0.25, -0.2) is 4.79 Å². The van der Waals surface area contributed by atoms with Crippen LogP contribution in [0.4, 0.5) is 4.79 Å². The zero-order valence-corrected chi connectivity index (χ0v) is 21.7. The Morgan fingerprint density at radius 1 is 1.00 bits per heavy atom. The number of aromatic nitrogens is 1. The van der Waals surface area contributed by atoms with Gasteiger partial charge in [-0.2, -0.15) is 0 Å². The monoisotopic (exact) mass is 430 g/mol. The van der Waals surface area contributed by atoms with E-state index in [0.29, 0.717) is 16.6 Å². The van der Waals surface area contributed by atoms with Gasteiger partial charge in [0.2, 0.25) is 0 Å². The number of amides is 1. The van der Waals surface area contributed by atoms with Gasteiger partial charge in [0.05, 0.1) is 0 Å². The predicted octanol–water partition coefficient (Wildman–Crippen LogP) is 7.12. The number of para-hydroxylation sites is 1. The second-order valence-electron chi connectivity index (χ2n) is 10.6. The summed E-state index contributed by atoms with van der Waals surface area (Å²) in [4.78, 5) is 12.2. The molecule has 0 fully saturated rings. The second kappa shape index (κ2) is 9.17. The molecule has 0 aliphatic carbocycles. The molecular formula is C25H42N2O2Si. The summed E-state index contributed by atoms with van der Waals surface area (Å²) >= 11 is 0. The minimum absolute atomic E-state index is 0.00711. The van der Waals surface area contributed by atoms with Crippen LogP contribution in [0, 0.1) is 0 Å². The lowest BCUT2D eigenvalue weighted by Crippen LogP contribution is -2.51. The third-order valence-electron chi connectivity index (χ3n) is 6.28. The largest absolute Gasteiger partial charge is 0.444 e. The first kappa shape index (κ1) is 24.5. The molecule has 0 saturated heterocycles. The maximum Gasteiger partial charge on any atom is 0.407 e. The van der Waals surface area contributed by atoms with Crippen molar-refractivity contribution in [3.63, 3.8) is 0 Å². The van der Waals surface area contributed by atoms with E-state index in [9.17, 15) is 4.79 Å². The van der Waals surface area contributed by atoms with Gasteiger partial charge >= 0.3 is 6.09 Å².